The molecule has 14 heavy (non-hydrogen) atoms. The summed E-state index contributed by atoms with van der Waals surface area (Å²) in [4.78, 5) is 0. The molecule has 2 atom stereocenters. The van der Waals surface area contributed by atoms with Crippen LogP contribution in [0.15, 0.2) is 22.8 Å². The first kappa shape index (κ1) is 9.74. The lowest BCUT2D eigenvalue weighted by Crippen LogP contribution is -2.36. The Morgan fingerprint density at radius 1 is 1.57 bits per heavy atom. The van der Waals surface area contributed by atoms with E-state index in [9.17, 15) is 0 Å². The van der Waals surface area contributed by atoms with Gasteiger partial charge in [0.2, 0.25) is 0 Å². The molecule has 1 aromatic heterocycles. The standard InChI is InChI=1S/C11H16O3/c1-11(12-2)5-7-14-10(8-11)9-4-3-6-13-9/h3-4,6,10H,5,7-8H2,1-2H3. The lowest BCUT2D eigenvalue weighted by atomic mass is 9.91. The maximum Gasteiger partial charge on any atom is 0.132 e. The second kappa shape index (κ2) is 3.75. The van der Waals surface area contributed by atoms with Crippen molar-refractivity contribution in [3.63, 3.8) is 0 Å². The summed E-state index contributed by atoms with van der Waals surface area (Å²) in [5.41, 5.74) is -0.0737. The molecule has 1 saturated heterocycles. The zero-order valence-electron chi connectivity index (χ0n) is 8.66. The third kappa shape index (κ3) is 1.83. The van der Waals surface area contributed by atoms with Crippen LogP contribution in [0.4, 0.5) is 0 Å². The summed E-state index contributed by atoms with van der Waals surface area (Å²) in [6.45, 7) is 2.85. The summed E-state index contributed by atoms with van der Waals surface area (Å²) in [7, 11) is 1.75. The van der Waals surface area contributed by atoms with E-state index in [-0.39, 0.29) is 11.7 Å². The van der Waals surface area contributed by atoms with Gasteiger partial charge in [0.05, 0.1) is 18.5 Å². The Kier molecular flexibility index (Phi) is 2.61. The molecule has 2 heterocycles. The van der Waals surface area contributed by atoms with E-state index >= 15 is 0 Å². The van der Waals surface area contributed by atoms with E-state index in [0.29, 0.717) is 0 Å². The molecule has 1 fully saturated rings. The van der Waals surface area contributed by atoms with Crippen LogP contribution in [0.25, 0.3) is 0 Å². The van der Waals surface area contributed by atoms with Gasteiger partial charge < -0.3 is 13.9 Å². The molecule has 1 aliphatic heterocycles. The summed E-state index contributed by atoms with van der Waals surface area (Å²) < 4.78 is 16.5. The second-order valence-corrected chi connectivity index (χ2v) is 3.98. The lowest BCUT2D eigenvalue weighted by Gasteiger charge is -2.36. The van der Waals surface area contributed by atoms with Crippen molar-refractivity contribution in [3.8, 4) is 0 Å². The highest BCUT2D eigenvalue weighted by molar-refractivity contribution is 5.04. The van der Waals surface area contributed by atoms with Gasteiger partial charge in [0.15, 0.2) is 0 Å². The van der Waals surface area contributed by atoms with Crippen molar-refractivity contribution in [2.24, 2.45) is 0 Å². The van der Waals surface area contributed by atoms with Crippen LogP contribution < -0.4 is 0 Å². The maximum atomic E-state index is 5.65. The van der Waals surface area contributed by atoms with Crippen LogP contribution in [0, 0.1) is 0 Å². The third-order valence-corrected chi connectivity index (χ3v) is 2.92. The Morgan fingerprint density at radius 3 is 3.07 bits per heavy atom. The highest BCUT2D eigenvalue weighted by Gasteiger charge is 2.34. The molecular formula is C11H16O3. The number of furan rings is 1. The molecule has 0 amide bonds. The zero-order chi connectivity index (χ0) is 10.0. The van der Waals surface area contributed by atoms with Gasteiger partial charge >= 0.3 is 0 Å². The molecule has 0 spiro atoms. The van der Waals surface area contributed by atoms with Gasteiger partial charge in [-0.05, 0) is 25.5 Å². The van der Waals surface area contributed by atoms with Crippen LogP contribution in [0.3, 0.4) is 0 Å². The molecule has 0 bridgehead atoms. The van der Waals surface area contributed by atoms with E-state index in [1.807, 2.05) is 12.1 Å². The molecule has 0 N–H and O–H groups in total. The van der Waals surface area contributed by atoms with Gasteiger partial charge in [-0.15, -0.1) is 0 Å². The number of rotatable bonds is 2. The van der Waals surface area contributed by atoms with Crippen molar-refractivity contribution in [3.05, 3.63) is 24.2 Å². The van der Waals surface area contributed by atoms with Gasteiger partial charge in [-0.1, -0.05) is 0 Å². The first-order chi connectivity index (χ1) is 6.73. The second-order valence-electron chi connectivity index (χ2n) is 3.98. The summed E-state index contributed by atoms with van der Waals surface area (Å²) >= 11 is 0. The van der Waals surface area contributed by atoms with Gasteiger partial charge in [-0.3, -0.25) is 0 Å². The van der Waals surface area contributed by atoms with Gasteiger partial charge in [0, 0.05) is 13.5 Å². The largest absolute Gasteiger partial charge is 0.467 e. The molecule has 2 rings (SSSR count). The molecule has 3 heteroatoms. The molecule has 0 saturated carbocycles. The Hall–Kier alpha value is -0.800. The predicted octanol–water partition coefficient (Wildman–Crippen LogP) is 2.54. The first-order valence-corrected chi connectivity index (χ1v) is 4.94. The minimum absolute atomic E-state index is 0.0451. The molecule has 2 unspecified atom stereocenters. The molecule has 78 valence electrons. The molecule has 1 aliphatic rings. The minimum atomic E-state index is -0.0737. The van der Waals surface area contributed by atoms with Crippen LogP contribution in [-0.4, -0.2) is 19.3 Å². The first-order valence-electron chi connectivity index (χ1n) is 4.94. The van der Waals surface area contributed by atoms with E-state index in [4.69, 9.17) is 13.9 Å². The van der Waals surface area contributed by atoms with Gasteiger partial charge in [-0.2, -0.15) is 0 Å². The highest BCUT2D eigenvalue weighted by Crippen LogP contribution is 2.35. The van der Waals surface area contributed by atoms with Crippen molar-refractivity contribution in [2.45, 2.75) is 31.5 Å². The van der Waals surface area contributed by atoms with Crippen molar-refractivity contribution in [1.82, 2.24) is 0 Å². The predicted molar refractivity (Wildman–Crippen MR) is 52.0 cm³/mol. The van der Waals surface area contributed by atoms with Crippen molar-refractivity contribution >= 4 is 0 Å². The highest BCUT2D eigenvalue weighted by atomic mass is 16.5. The van der Waals surface area contributed by atoms with Gasteiger partial charge in [-0.25, -0.2) is 0 Å². The van der Waals surface area contributed by atoms with Crippen LogP contribution in [-0.2, 0) is 9.47 Å². The fraction of sp³-hybridized carbons (Fsp3) is 0.636. The number of hydrogen-bond acceptors (Lipinski definition) is 3. The van der Waals surface area contributed by atoms with E-state index in [1.54, 1.807) is 13.4 Å². The van der Waals surface area contributed by atoms with Crippen molar-refractivity contribution < 1.29 is 13.9 Å². The van der Waals surface area contributed by atoms with Crippen molar-refractivity contribution in [2.75, 3.05) is 13.7 Å². The summed E-state index contributed by atoms with van der Waals surface area (Å²) in [5, 5.41) is 0. The molecule has 0 aliphatic carbocycles. The van der Waals surface area contributed by atoms with E-state index in [0.717, 1.165) is 25.2 Å². The molecular weight excluding hydrogens is 180 g/mol. The lowest BCUT2D eigenvalue weighted by molar-refractivity contribution is -0.119. The van der Waals surface area contributed by atoms with Crippen LogP contribution in [0.1, 0.15) is 31.6 Å². The van der Waals surface area contributed by atoms with Crippen LogP contribution in [0.2, 0.25) is 0 Å². The monoisotopic (exact) mass is 196 g/mol. The van der Waals surface area contributed by atoms with E-state index in [1.165, 1.54) is 0 Å². The summed E-state index contributed by atoms with van der Waals surface area (Å²) in [5.74, 6) is 0.896. The Morgan fingerprint density at radius 2 is 2.43 bits per heavy atom. The normalized spacial score (nSPS) is 33.1. The molecule has 1 aromatic rings. The average Bonchev–Trinajstić information content (AvgIpc) is 2.71. The third-order valence-electron chi connectivity index (χ3n) is 2.92. The number of methoxy groups -OCH3 is 1. The average molecular weight is 196 g/mol. The smallest absolute Gasteiger partial charge is 0.132 e. The van der Waals surface area contributed by atoms with E-state index in [2.05, 4.69) is 6.92 Å². The van der Waals surface area contributed by atoms with Crippen LogP contribution >= 0.6 is 0 Å². The fourth-order valence-electron chi connectivity index (χ4n) is 1.81. The molecule has 3 nitrogen and oxygen atoms in total. The summed E-state index contributed by atoms with van der Waals surface area (Å²) in [6.07, 6.45) is 3.53. The summed E-state index contributed by atoms with van der Waals surface area (Å²) in [6, 6.07) is 3.84. The van der Waals surface area contributed by atoms with E-state index < -0.39 is 0 Å². The molecule has 0 aromatic carbocycles. The Labute approximate surface area is 84.0 Å². The van der Waals surface area contributed by atoms with Gasteiger partial charge in [0.1, 0.15) is 11.9 Å². The number of hydrogen-bond donors (Lipinski definition) is 0. The quantitative estimate of drug-likeness (QED) is 0.728. The van der Waals surface area contributed by atoms with Crippen molar-refractivity contribution in [1.29, 1.82) is 0 Å². The maximum absolute atomic E-state index is 5.65. The SMILES string of the molecule is COC1(C)CCOC(c2ccco2)C1. The topological polar surface area (TPSA) is 31.6 Å². The van der Waals surface area contributed by atoms with Crippen LogP contribution in [0.5, 0.6) is 0 Å². The fourth-order valence-corrected chi connectivity index (χ4v) is 1.81. The number of ether oxygens (including phenoxy) is 2. The Balaban J connectivity index is 2.08. The minimum Gasteiger partial charge on any atom is -0.467 e. The molecule has 0 radical (unpaired) electrons. The zero-order valence-corrected chi connectivity index (χ0v) is 8.66. The van der Waals surface area contributed by atoms with Gasteiger partial charge in [0.25, 0.3) is 0 Å². The Bertz CT molecular complexity index is 281.